The minimum atomic E-state index is -4.09. The predicted molar refractivity (Wildman–Crippen MR) is 156 cm³/mol. The average molecular weight is 570 g/mol. The van der Waals surface area contributed by atoms with E-state index in [0.29, 0.717) is 29.2 Å². The first kappa shape index (κ1) is 30.2. The molecule has 0 aromatic heterocycles. The highest BCUT2D eigenvalue weighted by Gasteiger charge is 2.34. The van der Waals surface area contributed by atoms with Gasteiger partial charge in [0, 0.05) is 18.1 Å². The van der Waals surface area contributed by atoms with Crippen LogP contribution in [0.15, 0.2) is 83.8 Å². The summed E-state index contributed by atoms with van der Waals surface area (Å²) >= 11 is 6.06. The number of anilines is 1. The highest BCUT2D eigenvalue weighted by molar-refractivity contribution is 7.92. The molecule has 0 radical (unpaired) electrons. The Morgan fingerprint density at radius 1 is 0.923 bits per heavy atom. The lowest BCUT2D eigenvalue weighted by atomic mass is 10.1. The van der Waals surface area contributed by atoms with Crippen LogP contribution in [0.4, 0.5) is 5.69 Å². The topological polar surface area (TPSA) is 86.8 Å². The summed E-state index contributed by atoms with van der Waals surface area (Å²) in [7, 11) is -4.09. The van der Waals surface area contributed by atoms with E-state index in [9.17, 15) is 18.0 Å². The van der Waals surface area contributed by atoms with Gasteiger partial charge in [0.2, 0.25) is 11.8 Å². The molecule has 0 heterocycles. The maximum absolute atomic E-state index is 14.0. The third-order valence-corrected chi connectivity index (χ3v) is 8.50. The lowest BCUT2D eigenvalue weighted by Crippen LogP contribution is -2.52. The van der Waals surface area contributed by atoms with Gasteiger partial charge in [-0.1, -0.05) is 80.4 Å². The van der Waals surface area contributed by atoms with Crippen molar-refractivity contribution in [2.45, 2.75) is 57.5 Å². The van der Waals surface area contributed by atoms with Crippen molar-refractivity contribution in [2.75, 3.05) is 17.4 Å². The van der Waals surface area contributed by atoms with E-state index < -0.39 is 28.5 Å². The van der Waals surface area contributed by atoms with Gasteiger partial charge in [0.25, 0.3) is 10.0 Å². The number of nitrogens with one attached hydrogen (secondary N) is 1. The maximum atomic E-state index is 14.0. The Bertz CT molecular complexity index is 1350. The zero-order valence-electron chi connectivity index (χ0n) is 22.6. The monoisotopic (exact) mass is 569 g/mol. The Morgan fingerprint density at radius 2 is 1.56 bits per heavy atom. The van der Waals surface area contributed by atoms with Gasteiger partial charge in [-0.25, -0.2) is 8.42 Å². The quantitative estimate of drug-likeness (QED) is 0.273. The van der Waals surface area contributed by atoms with Crippen LogP contribution in [0.1, 0.15) is 44.2 Å². The van der Waals surface area contributed by atoms with Gasteiger partial charge in [-0.2, -0.15) is 0 Å². The van der Waals surface area contributed by atoms with Crippen LogP contribution < -0.4 is 9.62 Å². The summed E-state index contributed by atoms with van der Waals surface area (Å²) < 4.78 is 28.8. The molecule has 3 aromatic carbocycles. The van der Waals surface area contributed by atoms with Crippen LogP contribution in [0.3, 0.4) is 0 Å². The predicted octanol–water partition coefficient (Wildman–Crippen LogP) is 5.57. The lowest BCUT2D eigenvalue weighted by Gasteiger charge is -2.33. The van der Waals surface area contributed by atoms with Crippen molar-refractivity contribution in [1.29, 1.82) is 0 Å². The first-order valence-corrected chi connectivity index (χ1v) is 15.0. The Balaban J connectivity index is 2.03. The van der Waals surface area contributed by atoms with Crippen LogP contribution in [-0.4, -0.2) is 44.3 Å². The molecule has 0 aliphatic carbocycles. The number of carbonyl (C=O) groups excluding carboxylic acids is 2. The summed E-state index contributed by atoms with van der Waals surface area (Å²) in [6.07, 6.45) is 2.12. The molecule has 0 spiro atoms. The van der Waals surface area contributed by atoms with E-state index in [1.807, 2.05) is 19.9 Å². The van der Waals surface area contributed by atoms with Gasteiger partial charge in [-0.3, -0.25) is 13.9 Å². The molecule has 0 aliphatic rings. The van der Waals surface area contributed by atoms with Gasteiger partial charge in [0.05, 0.1) is 10.6 Å². The third kappa shape index (κ3) is 7.83. The van der Waals surface area contributed by atoms with Crippen LogP contribution in [0.2, 0.25) is 5.02 Å². The molecule has 39 heavy (non-hydrogen) atoms. The number of halogens is 1. The number of hydrogen-bond donors (Lipinski definition) is 1. The Labute approximate surface area is 236 Å². The molecule has 0 bridgehead atoms. The van der Waals surface area contributed by atoms with E-state index in [-0.39, 0.29) is 17.3 Å². The van der Waals surface area contributed by atoms with Crippen LogP contribution in [0.25, 0.3) is 0 Å². The van der Waals surface area contributed by atoms with Crippen LogP contribution in [-0.2, 0) is 26.2 Å². The molecule has 0 saturated heterocycles. The van der Waals surface area contributed by atoms with Crippen LogP contribution in [0, 0.1) is 6.92 Å². The molecular formula is C30H36ClN3O4S. The second kappa shape index (κ2) is 14.1. The normalized spacial score (nSPS) is 12.0. The van der Waals surface area contributed by atoms with E-state index in [4.69, 9.17) is 11.6 Å². The van der Waals surface area contributed by atoms with E-state index in [2.05, 4.69) is 5.32 Å². The van der Waals surface area contributed by atoms with Crippen molar-refractivity contribution >= 4 is 39.1 Å². The number of rotatable bonds is 13. The largest absolute Gasteiger partial charge is 0.354 e. The van der Waals surface area contributed by atoms with E-state index >= 15 is 0 Å². The van der Waals surface area contributed by atoms with Crippen LogP contribution >= 0.6 is 11.6 Å². The number of hydrogen-bond acceptors (Lipinski definition) is 4. The SMILES string of the molecule is CCCCNC(=O)[C@@H](CC)N(Cc1ccc(Cl)cc1)C(=O)CN(c1ccccc1C)S(=O)(=O)c1ccccc1. The molecule has 0 unspecified atom stereocenters. The van der Waals surface area contributed by atoms with Gasteiger partial charge in [0.1, 0.15) is 12.6 Å². The lowest BCUT2D eigenvalue weighted by molar-refractivity contribution is -0.140. The fourth-order valence-electron chi connectivity index (χ4n) is 4.29. The summed E-state index contributed by atoms with van der Waals surface area (Å²) in [5, 5.41) is 3.49. The van der Waals surface area contributed by atoms with Crippen molar-refractivity contribution < 1.29 is 18.0 Å². The molecule has 9 heteroatoms. The summed E-state index contributed by atoms with van der Waals surface area (Å²) in [4.78, 5) is 28.8. The fourth-order valence-corrected chi connectivity index (χ4v) is 5.91. The van der Waals surface area contributed by atoms with Gasteiger partial charge >= 0.3 is 0 Å². The van der Waals surface area contributed by atoms with Gasteiger partial charge in [0.15, 0.2) is 0 Å². The van der Waals surface area contributed by atoms with Crippen molar-refractivity contribution in [1.82, 2.24) is 10.2 Å². The molecule has 0 aliphatic heterocycles. The third-order valence-electron chi connectivity index (χ3n) is 6.48. The number of amides is 2. The molecule has 1 atom stereocenters. The van der Waals surface area contributed by atoms with Crippen LogP contribution in [0.5, 0.6) is 0 Å². The first-order chi connectivity index (χ1) is 18.7. The standard InChI is InChI=1S/C30H36ClN3O4S/c1-4-6-20-32-30(36)27(5-2)33(21-24-16-18-25(31)19-17-24)29(35)22-34(28-15-11-10-12-23(28)3)39(37,38)26-13-8-7-9-14-26/h7-19,27H,4-6,20-22H2,1-3H3,(H,32,36)/t27-/m1/s1. The second-order valence-corrected chi connectivity index (χ2v) is 11.6. The molecule has 7 nitrogen and oxygen atoms in total. The number of para-hydroxylation sites is 1. The highest BCUT2D eigenvalue weighted by atomic mass is 35.5. The fraction of sp³-hybridized carbons (Fsp3) is 0.333. The number of sulfonamides is 1. The van der Waals surface area contributed by atoms with Gasteiger partial charge in [-0.15, -0.1) is 0 Å². The number of nitrogens with zero attached hydrogens (tertiary/aromatic N) is 2. The molecule has 2 amide bonds. The number of unbranched alkanes of at least 4 members (excludes halogenated alkanes) is 1. The summed E-state index contributed by atoms with van der Waals surface area (Å²) in [6.45, 7) is 5.84. The maximum Gasteiger partial charge on any atom is 0.264 e. The van der Waals surface area contributed by atoms with E-state index in [0.717, 1.165) is 22.7 Å². The minimum Gasteiger partial charge on any atom is -0.354 e. The Kier molecular flexibility index (Phi) is 10.9. The van der Waals surface area contributed by atoms with Crippen molar-refractivity contribution in [3.63, 3.8) is 0 Å². The van der Waals surface area contributed by atoms with E-state index in [1.165, 1.54) is 17.0 Å². The molecule has 3 rings (SSSR count). The molecular weight excluding hydrogens is 534 g/mol. The van der Waals surface area contributed by atoms with Crippen molar-refractivity contribution in [3.05, 3.63) is 95.0 Å². The number of aryl methyl sites for hydroxylation is 1. The summed E-state index contributed by atoms with van der Waals surface area (Å²) in [5.74, 6) is -0.744. The number of benzene rings is 3. The van der Waals surface area contributed by atoms with Crippen molar-refractivity contribution in [2.24, 2.45) is 0 Å². The van der Waals surface area contributed by atoms with Gasteiger partial charge in [-0.05, 0) is 61.2 Å². The molecule has 1 N–H and O–H groups in total. The Hall–Kier alpha value is -3.36. The van der Waals surface area contributed by atoms with Gasteiger partial charge < -0.3 is 10.2 Å². The number of carbonyl (C=O) groups is 2. The average Bonchev–Trinajstić information content (AvgIpc) is 2.93. The Morgan fingerprint density at radius 3 is 2.18 bits per heavy atom. The smallest absolute Gasteiger partial charge is 0.264 e. The molecule has 208 valence electrons. The second-order valence-electron chi connectivity index (χ2n) is 9.33. The zero-order valence-corrected chi connectivity index (χ0v) is 24.2. The first-order valence-electron chi connectivity index (χ1n) is 13.1. The summed E-state index contributed by atoms with van der Waals surface area (Å²) in [5.41, 5.74) is 1.89. The van der Waals surface area contributed by atoms with Crippen molar-refractivity contribution in [3.8, 4) is 0 Å². The molecule has 0 saturated carbocycles. The zero-order chi connectivity index (χ0) is 28.4. The highest BCUT2D eigenvalue weighted by Crippen LogP contribution is 2.27. The molecule has 3 aromatic rings. The summed E-state index contributed by atoms with van der Waals surface area (Å²) in [6, 6.07) is 21.3. The minimum absolute atomic E-state index is 0.0784. The van der Waals surface area contributed by atoms with E-state index in [1.54, 1.807) is 67.6 Å². The molecule has 0 fully saturated rings.